The first kappa shape index (κ1) is 15.4. The molecule has 0 saturated heterocycles. The van der Waals surface area contributed by atoms with Crippen molar-refractivity contribution in [3.63, 3.8) is 0 Å². The first-order chi connectivity index (χ1) is 8.59. The number of hydrogen-bond acceptors (Lipinski definition) is 2. The fourth-order valence-corrected chi connectivity index (χ4v) is 2.21. The number of halogens is 1. The average molecular weight is 328 g/mol. The predicted molar refractivity (Wildman–Crippen MR) is 62.4 cm³/mol. The molecule has 1 aromatic heterocycles. The Morgan fingerprint density at radius 3 is 2.16 bits per heavy atom. The number of pyridine rings is 1. The molecule has 0 aliphatic heterocycles. The molecular formula is C13H14BrNO4. The van der Waals surface area contributed by atoms with E-state index in [1.807, 2.05) is 35.2 Å². The summed E-state index contributed by atoms with van der Waals surface area (Å²) in [6.07, 6.45) is 5.94. The molecule has 0 saturated carbocycles. The Morgan fingerprint density at radius 2 is 1.63 bits per heavy atom. The Bertz CT molecular complexity index is 501. The summed E-state index contributed by atoms with van der Waals surface area (Å²) in [5.74, 6) is -3.80. The molecule has 1 heterocycles. The molecule has 102 valence electrons. The fourth-order valence-electron chi connectivity index (χ4n) is 2.21. The third-order valence-electron chi connectivity index (χ3n) is 3.20. The Morgan fingerprint density at radius 1 is 1.05 bits per heavy atom. The molecule has 1 aliphatic carbocycles. The van der Waals surface area contributed by atoms with Crippen molar-refractivity contribution in [1.29, 1.82) is 0 Å². The molecule has 2 N–H and O–H groups in total. The molecule has 6 heteroatoms. The van der Waals surface area contributed by atoms with E-state index in [0.717, 1.165) is 5.70 Å². The Balaban J connectivity index is 0.00000180. The molecule has 0 spiro atoms. The number of allylic oxidation sites excluding steroid dienone is 2. The van der Waals surface area contributed by atoms with Crippen molar-refractivity contribution in [2.24, 2.45) is 11.8 Å². The molecule has 0 unspecified atom stereocenters. The number of carboxylic acid groups (broad SMARTS) is 2. The maximum atomic E-state index is 11.1. The fraction of sp³-hybridized carbons (Fsp3) is 0.308. The van der Waals surface area contributed by atoms with Gasteiger partial charge in [0.15, 0.2) is 18.1 Å². The molecule has 1 aliphatic rings. The van der Waals surface area contributed by atoms with Crippen molar-refractivity contribution in [2.45, 2.75) is 12.8 Å². The highest BCUT2D eigenvalue weighted by molar-refractivity contribution is 5.81. The highest BCUT2D eigenvalue weighted by Gasteiger charge is 2.38. The molecule has 2 rings (SSSR count). The van der Waals surface area contributed by atoms with Crippen LogP contribution in [0.15, 0.2) is 36.7 Å². The minimum atomic E-state index is -1.05. The number of aromatic nitrogens is 1. The lowest BCUT2D eigenvalue weighted by Gasteiger charge is -2.22. The zero-order chi connectivity index (χ0) is 13.1. The van der Waals surface area contributed by atoms with Crippen LogP contribution in [-0.4, -0.2) is 22.2 Å². The normalized spacial score (nSPS) is 22.0. The zero-order valence-corrected chi connectivity index (χ0v) is 11.7. The van der Waals surface area contributed by atoms with Gasteiger partial charge in [0.05, 0.1) is 11.8 Å². The number of carbonyl (C=O) groups is 2. The monoisotopic (exact) mass is 327 g/mol. The van der Waals surface area contributed by atoms with Gasteiger partial charge in [-0.1, -0.05) is 6.07 Å². The predicted octanol–water partition coefficient (Wildman–Crippen LogP) is -1.99. The molecule has 2 atom stereocenters. The van der Waals surface area contributed by atoms with E-state index in [2.05, 4.69) is 0 Å². The first-order valence-electron chi connectivity index (χ1n) is 5.71. The van der Waals surface area contributed by atoms with Gasteiger partial charge in [0, 0.05) is 18.6 Å². The maximum absolute atomic E-state index is 11.1. The summed E-state index contributed by atoms with van der Waals surface area (Å²) in [4.78, 5) is 22.2. The molecule has 0 fully saturated rings. The zero-order valence-electron chi connectivity index (χ0n) is 10.1. The van der Waals surface area contributed by atoms with Crippen LogP contribution < -0.4 is 21.5 Å². The number of aliphatic carboxylic acids is 2. The largest absolute Gasteiger partial charge is 1.00 e. The van der Waals surface area contributed by atoms with E-state index in [4.69, 9.17) is 10.2 Å². The average Bonchev–Trinajstić information content (AvgIpc) is 2.39. The van der Waals surface area contributed by atoms with Crippen LogP contribution in [0.3, 0.4) is 0 Å². The number of nitrogens with zero attached hydrogens (tertiary/aromatic N) is 1. The maximum Gasteiger partial charge on any atom is 0.307 e. The number of rotatable bonds is 3. The lowest BCUT2D eigenvalue weighted by Crippen LogP contribution is -3.00. The lowest BCUT2D eigenvalue weighted by molar-refractivity contribution is -0.584. The molecule has 0 bridgehead atoms. The molecular weight excluding hydrogens is 314 g/mol. The Kier molecular flexibility index (Phi) is 5.23. The summed E-state index contributed by atoms with van der Waals surface area (Å²) in [6.45, 7) is 0. The van der Waals surface area contributed by atoms with Gasteiger partial charge in [-0.3, -0.25) is 9.59 Å². The second kappa shape index (κ2) is 6.47. The number of hydrogen-bond donors (Lipinski definition) is 2. The van der Waals surface area contributed by atoms with Gasteiger partial charge in [-0.15, -0.1) is 0 Å². The van der Waals surface area contributed by atoms with Crippen LogP contribution in [-0.2, 0) is 9.59 Å². The van der Waals surface area contributed by atoms with Gasteiger partial charge in [-0.2, -0.15) is 4.57 Å². The molecule has 0 radical (unpaired) electrons. The van der Waals surface area contributed by atoms with Crippen LogP contribution in [0.4, 0.5) is 0 Å². The van der Waals surface area contributed by atoms with E-state index < -0.39 is 23.8 Å². The standard InChI is InChI=1S/C13H13NO4.BrH/c15-12(16)10-5-4-9(8-11(10)13(17)18)14-6-2-1-3-7-14;/h1-4,6-7,10-11H,5,8H2,(H-,15,16,17,18);1H/t10-,11+;/m0./s1. The van der Waals surface area contributed by atoms with E-state index in [1.165, 1.54) is 0 Å². The minimum Gasteiger partial charge on any atom is -1.00 e. The summed E-state index contributed by atoms with van der Waals surface area (Å²) in [6, 6.07) is 5.56. The van der Waals surface area contributed by atoms with Crippen molar-refractivity contribution in [1.82, 2.24) is 0 Å². The van der Waals surface area contributed by atoms with E-state index in [9.17, 15) is 9.59 Å². The second-order valence-corrected chi connectivity index (χ2v) is 4.31. The van der Waals surface area contributed by atoms with Crippen LogP contribution in [0.1, 0.15) is 12.8 Å². The van der Waals surface area contributed by atoms with Gasteiger partial charge in [0.25, 0.3) is 0 Å². The highest BCUT2D eigenvalue weighted by Crippen LogP contribution is 2.30. The third kappa shape index (κ3) is 3.41. The summed E-state index contributed by atoms with van der Waals surface area (Å²) in [5, 5.41) is 18.1. The van der Waals surface area contributed by atoms with Crippen LogP contribution in [0.25, 0.3) is 5.70 Å². The summed E-state index contributed by atoms with van der Waals surface area (Å²) >= 11 is 0. The van der Waals surface area contributed by atoms with Crippen molar-refractivity contribution in [3.05, 3.63) is 36.7 Å². The van der Waals surface area contributed by atoms with Crippen molar-refractivity contribution in [2.75, 3.05) is 0 Å². The molecule has 0 amide bonds. The van der Waals surface area contributed by atoms with E-state index >= 15 is 0 Å². The van der Waals surface area contributed by atoms with Gasteiger partial charge < -0.3 is 27.2 Å². The molecule has 0 aromatic carbocycles. The van der Waals surface area contributed by atoms with Gasteiger partial charge in [-0.05, 0) is 12.5 Å². The first-order valence-corrected chi connectivity index (χ1v) is 5.71. The number of carboxylic acids is 2. The Labute approximate surface area is 121 Å². The second-order valence-electron chi connectivity index (χ2n) is 4.31. The van der Waals surface area contributed by atoms with Gasteiger partial charge in [0.2, 0.25) is 0 Å². The minimum absolute atomic E-state index is 0. The van der Waals surface area contributed by atoms with Crippen molar-refractivity contribution < 1.29 is 41.4 Å². The van der Waals surface area contributed by atoms with Gasteiger partial charge >= 0.3 is 11.9 Å². The van der Waals surface area contributed by atoms with Crippen LogP contribution in [0.5, 0.6) is 0 Å². The van der Waals surface area contributed by atoms with E-state index in [-0.39, 0.29) is 29.8 Å². The molecule has 1 aromatic rings. The van der Waals surface area contributed by atoms with E-state index in [1.54, 1.807) is 6.08 Å². The highest BCUT2D eigenvalue weighted by atomic mass is 79.9. The third-order valence-corrected chi connectivity index (χ3v) is 3.20. The summed E-state index contributed by atoms with van der Waals surface area (Å²) in [5.41, 5.74) is 0.834. The van der Waals surface area contributed by atoms with Crippen LogP contribution >= 0.6 is 0 Å². The molecule has 5 nitrogen and oxygen atoms in total. The van der Waals surface area contributed by atoms with Crippen molar-refractivity contribution in [3.8, 4) is 0 Å². The smallest absolute Gasteiger partial charge is 0.307 e. The van der Waals surface area contributed by atoms with E-state index in [0.29, 0.717) is 0 Å². The van der Waals surface area contributed by atoms with Crippen LogP contribution in [0.2, 0.25) is 0 Å². The topological polar surface area (TPSA) is 78.5 Å². The Hall–Kier alpha value is -1.69. The molecule has 19 heavy (non-hydrogen) atoms. The summed E-state index contributed by atoms with van der Waals surface area (Å²) in [7, 11) is 0. The lowest BCUT2D eigenvalue weighted by atomic mass is 9.81. The van der Waals surface area contributed by atoms with Crippen LogP contribution in [0, 0.1) is 11.8 Å². The quantitative estimate of drug-likeness (QED) is 0.630. The van der Waals surface area contributed by atoms with Crippen molar-refractivity contribution >= 4 is 17.6 Å². The SMILES string of the molecule is O=C(O)[C@H]1CC=C([n+]2ccccc2)C[C@H]1C(=O)O.[Br-]. The summed E-state index contributed by atoms with van der Waals surface area (Å²) < 4.78 is 1.83. The van der Waals surface area contributed by atoms with Gasteiger partial charge in [0.1, 0.15) is 0 Å². The van der Waals surface area contributed by atoms with Gasteiger partial charge in [-0.25, -0.2) is 0 Å².